The van der Waals surface area contributed by atoms with Gasteiger partial charge in [0.15, 0.2) is 0 Å². The average Bonchev–Trinajstić information content (AvgIpc) is 2.71. The van der Waals surface area contributed by atoms with Gasteiger partial charge >= 0.3 is 6.03 Å². The summed E-state index contributed by atoms with van der Waals surface area (Å²) in [5.41, 5.74) is 1.99. The van der Waals surface area contributed by atoms with Gasteiger partial charge in [-0.15, -0.1) is 0 Å². The molecule has 0 saturated carbocycles. The molecule has 1 aliphatic heterocycles. The van der Waals surface area contributed by atoms with Crippen molar-refractivity contribution in [2.45, 2.75) is 39.5 Å². The lowest BCUT2D eigenvalue weighted by Gasteiger charge is -2.21. The van der Waals surface area contributed by atoms with E-state index < -0.39 is 4.92 Å². The molecule has 0 bridgehead atoms. The maximum atomic E-state index is 12.3. The van der Waals surface area contributed by atoms with E-state index in [2.05, 4.69) is 5.32 Å². The fraction of sp³-hybridized carbons (Fsp3) is 0.533. The summed E-state index contributed by atoms with van der Waals surface area (Å²) < 4.78 is 0. The molecule has 1 saturated heterocycles. The Balaban J connectivity index is 2.13. The Morgan fingerprint density at radius 3 is 2.33 bits per heavy atom. The standard InChI is InChI=1S/C15H21N3O3/c1-11-10-14(18(20)21)12(2)9-13(11)16-15(19)17-7-5-3-4-6-8-17/h9-10H,3-8H2,1-2H3,(H,16,19). The molecule has 1 fully saturated rings. The van der Waals surface area contributed by atoms with Crippen molar-refractivity contribution in [2.24, 2.45) is 0 Å². The molecule has 0 radical (unpaired) electrons. The van der Waals surface area contributed by atoms with Gasteiger partial charge in [-0.3, -0.25) is 10.1 Å². The molecule has 6 heteroatoms. The van der Waals surface area contributed by atoms with Gasteiger partial charge in [-0.1, -0.05) is 12.8 Å². The van der Waals surface area contributed by atoms with Crippen molar-refractivity contribution in [2.75, 3.05) is 18.4 Å². The minimum Gasteiger partial charge on any atom is -0.325 e. The van der Waals surface area contributed by atoms with E-state index in [9.17, 15) is 14.9 Å². The summed E-state index contributed by atoms with van der Waals surface area (Å²) in [6.45, 7) is 5.00. The Labute approximate surface area is 124 Å². The topological polar surface area (TPSA) is 75.5 Å². The summed E-state index contributed by atoms with van der Waals surface area (Å²) in [5.74, 6) is 0. The molecule has 0 aliphatic carbocycles. The van der Waals surface area contributed by atoms with E-state index in [1.807, 2.05) is 4.90 Å². The first-order valence-electron chi connectivity index (χ1n) is 7.30. The molecule has 6 nitrogen and oxygen atoms in total. The SMILES string of the molecule is Cc1cc([N+](=O)[O-])c(C)cc1NC(=O)N1CCCCCC1. The van der Waals surface area contributed by atoms with Gasteiger partial charge in [0.05, 0.1) is 4.92 Å². The van der Waals surface area contributed by atoms with Gasteiger partial charge in [0.2, 0.25) is 0 Å². The molecule has 2 amide bonds. The van der Waals surface area contributed by atoms with Gasteiger partial charge in [0.25, 0.3) is 5.69 Å². The minimum absolute atomic E-state index is 0.0836. The lowest BCUT2D eigenvalue weighted by atomic mass is 10.1. The molecule has 1 aromatic rings. The van der Waals surface area contributed by atoms with Gasteiger partial charge in [0, 0.05) is 30.4 Å². The first-order valence-corrected chi connectivity index (χ1v) is 7.30. The van der Waals surface area contributed by atoms with Crippen LogP contribution in [-0.4, -0.2) is 28.9 Å². The highest BCUT2D eigenvalue weighted by molar-refractivity contribution is 5.90. The molecular weight excluding hydrogens is 270 g/mol. The number of nitrogens with zero attached hydrogens (tertiary/aromatic N) is 2. The Kier molecular flexibility index (Phi) is 4.77. The first kappa shape index (κ1) is 15.3. The highest BCUT2D eigenvalue weighted by Crippen LogP contribution is 2.26. The molecule has 0 atom stereocenters. The van der Waals surface area contributed by atoms with E-state index in [-0.39, 0.29) is 11.7 Å². The number of anilines is 1. The number of benzene rings is 1. The number of hydrogen-bond acceptors (Lipinski definition) is 3. The largest absolute Gasteiger partial charge is 0.325 e. The van der Waals surface area contributed by atoms with Gasteiger partial charge in [-0.25, -0.2) is 4.79 Å². The van der Waals surface area contributed by atoms with Gasteiger partial charge in [-0.05, 0) is 38.3 Å². The van der Waals surface area contributed by atoms with Crippen molar-refractivity contribution in [3.63, 3.8) is 0 Å². The first-order chi connectivity index (χ1) is 9.99. The number of carbonyl (C=O) groups is 1. The lowest BCUT2D eigenvalue weighted by Crippen LogP contribution is -2.35. The number of urea groups is 1. The summed E-state index contributed by atoms with van der Waals surface area (Å²) in [5, 5.41) is 13.8. The zero-order valence-corrected chi connectivity index (χ0v) is 12.5. The van der Waals surface area contributed by atoms with Crippen molar-refractivity contribution in [3.05, 3.63) is 33.4 Å². The van der Waals surface area contributed by atoms with Crippen LogP contribution in [0, 0.1) is 24.0 Å². The molecule has 1 aliphatic rings. The Hall–Kier alpha value is -2.11. The quantitative estimate of drug-likeness (QED) is 0.668. The Morgan fingerprint density at radius 1 is 1.14 bits per heavy atom. The number of nitro benzene ring substituents is 1. The molecule has 1 heterocycles. The third-order valence-electron chi connectivity index (χ3n) is 3.87. The van der Waals surface area contributed by atoms with Gasteiger partial charge in [-0.2, -0.15) is 0 Å². The second kappa shape index (κ2) is 6.56. The third-order valence-corrected chi connectivity index (χ3v) is 3.87. The molecule has 2 rings (SSSR count). The van der Waals surface area contributed by atoms with Crippen LogP contribution in [0.2, 0.25) is 0 Å². The van der Waals surface area contributed by atoms with Crippen molar-refractivity contribution in [1.29, 1.82) is 0 Å². The summed E-state index contributed by atoms with van der Waals surface area (Å²) >= 11 is 0. The number of hydrogen-bond donors (Lipinski definition) is 1. The van der Waals surface area contributed by atoms with Crippen LogP contribution < -0.4 is 5.32 Å². The molecular formula is C15H21N3O3. The maximum Gasteiger partial charge on any atom is 0.321 e. The lowest BCUT2D eigenvalue weighted by molar-refractivity contribution is -0.385. The van der Waals surface area contributed by atoms with Crippen molar-refractivity contribution in [1.82, 2.24) is 4.90 Å². The van der Waals surface area contributed by atoms with Crippen LogP contribution in [0.4, 0.5) is 16.2 Å². The van der Waals surface area contributed by atoms with E-state index in [1.165, 1.54) is 18.9 Å². The van der Waals surface area contributed by atoms with Crippen LogP contribution in [0.1, 0.15) is 36.8 Å². The molecule has 1 aromatic carbocycles. The molecule has 0 unspecified atom stereocenters. The van der Waals surface area contributed by atoms with Crippen molar-refractivity contribution < 1.29 is 9.72 Å². The van der Waals surface area contributed by atoms with Crippen LogP contribution in [0.3, 0.4) is 0 Å². The normalized spacial score (nSPS) is 15.4. The fourth-order valence-corrected chi connectivity index (χ4v) is 2.60. The number of rotatable bonds is 2. The molecule has 21 heavy (non-hydrogen) atoms. The number of carbonyl (C=O) groups excluding carboxylic acids is 1. The summed E-state index contributed by atoms with van der Waals surface area (Å²) in [4.78, 5) is 24.6. The monoisotopic (exact) mass is 291 g/mol. The highest BCUT2D eigenvalue weighted by atomic mass is 16.6. The fourth-order valence-electron chi connectivity index (χ4n) is 2.60. The van der Waals surface area contributed by atoms with Crippen LogP contribution in [0.25, 0.3) is 0 Å². The van der Waals surface area contributed by atoms with E-state index in [1.54, 1.807) is 19.9 Å². The van der Waals surface area contributed by atoms with E-state index in [0.717, 1.165) is 25.9 Å². The second-order valence-corrected chi connectivity index (χ2v) is 5.54. The maximum absolute atomic E-state index is 12.3. The van der Waals surface area contributed by atoms with Crippen LogP contribution in [0.5, 0.6) is 0 Å². The van der Waals surface area contributed by atoms with Crippen LogP contribution in [0.15, 0.2) is 12.1 Å². The number of aryl methyl sites for hydroxylation is 2. The summed E-state index contributed by atoms with van der Waals surface area (Å²) in [7, 11) is 0. The predicted molar refractivity (Wildman–Crippen MR) is 81.6 cm³/mol. The molecule has 0 aromatic heterocycles. The predicted octanol–water partition coefficient (Wildman–Crippen LogP) is 3.62. The van der Waals surface area contributed by atoms with Gasteiger partial charge < -0.3 is 10.2 Å². The van der Waals surface area contributed by atoms with Crippen LogP contribution >= 0.6 is 0 Å². The zero-order chi connectivity index (χ0) is 15.4. The Morgan fingerprint density at radius 2 is 1.76 bits per heavy atom. The van der Waals surface area contributed by atoms with E-state index >= 15 is 0 Å². The zero-order valence-electron chi connectivity index (χ0n) is 12.5. The number of nitro groups is 1. The molecule has 1 N–H and O–H groups in total. The highest BCUT2D eigenvalue weighted by Gasteiger charge is 2.18. The van der Waals surface area contributed by atoms with E-state index in [0.29, 0.717) is 16.8 Å². The Bertz CT molecular complexity index is 549. The second-order valence-electron chi connectivity index (χ2n) is 5.54. The number of nitrogens with one attached hydrogen (secondary N) is 1. The number of likely N-dealkylation sites (tertiary alicyclic amines) is 1. The summed E-state index contributed by atoms with van der Waals surface area (Å²) in [6, 6.07) is 3.06. The molecule has 0 spiro atoms. The average molecular weight is 291 g/mol. The summed E-state index contributed by atoms with van der Waals surface area (Å²) in [6.07, 6.45) is 4.40. The number of amides is 2. The van der Waals surface area contributed by atoms with Gasteiger partial charge in [0.1, 0.15) is 0 Å². The smallest absolute Gasteiger partial charge is 0.321 e. The van der Waals surface area contributed by atoms with Crippen molar-refractivity contribution in [3.8, 4) is 0 Å². The van der Waals surface area contributed by atoms with E-state index in [4.69, 9.17) is 0 Å². The van der Waals surface area contributed by atoms with Crippen molar-refractivity contribution >= 4 is 17.4 Å². The minimum atomic E-state index is -0.400. The molecule has 114 valence electrons. The third kappa shape index (κ3) is 3.71. The van der Waals surface area contributed by atoms with Crippen LogP contribution in [-0.2, 0) is 0 Å².